The molecule has 2 nitrogen and oxygen atoms in total. The Hall–Kier alpha value is -1.35. The van der Waals surface area contributed by atoms with Gasteiger partial charge in [-0.3, -0.25) is 9.59 Å². The summed E-state index contributed by atoms with van der Waals surface area (Å²) >= 11 is 1.57. The van der Waals surface area contributed by atoms with Crippen molar-refractivity contribution in [3.05, 3.63) is 41.5 Å². The van der Waals surface area contributed by atoms with Gasteiger partial charge in [-0.1, -0.05) is 23.8 Å². The summed E-state index contributed by atoms with van der Waals surface area (Å²) in [6.07, 6.45) is 2.48. The number of ketones is 1. The standard InChI is InChI=1S/C13H14O2S/c1-10(7-11(2)15)9-16-13-6-4-3-5-12(13)8-14/h3-8H,9H2,1-2H3/b10-7+. The first-order valence-corrected chi connectivity index (χ1v) is 5.97. The van der Waals surface area contributed by atoms with E-state index in [0.29, 0.717) is 5.56 Å². The molecular weight excluding hydrogens is 220 g/mol. The van der Waals surface area contributed by atoms with E-state index in [9.17, 15) is 9.59 Å². The number of hydrogen-bond acceptors (Lipinski definition) is 3. The minimum atomic E-state index is 0.0572. The highest BCUT2D eigenvalue weighted by Gasteiger charge is 2.01. The van der Waals surface area contributed by atoms with E-state index in [1.807, 2.05) is 25.1 Å². The zero-order chi connectivity index (χ0) is 12.0. The Bertz CT molecular complexity index is 422. The fourth-order valence-corrected chi connectivity index (χ4v) is 2.21. The zero-order valence-corrected chi connectivity index (χ0v) is 10.2. The van der Waals surface area contributed by atoms with Crippen LogP contribution in [0.5, 0.6) is 0 Å². The second kappa shape index (κ2) is 6.28. The van der Waals surface area contributed by atoms with Crippen molar-refractivity contribution in [3.8, 4) is 0 Å². The van der Waals surface area contributed by atoms with Crippen LogP contribution >= 0.6 is 11.8 Å². The average molecular weight is 234 g/mol. The number of aldehydes is 1. The molecule has 0 saturated heterocycles. The van der Waals surface area contributed by atoms with Crippen LogP contribution in [0.3, 0.4) is 0 Å². The second-order valence-electron chi connectivity index (χ2n) is 3.55. The molecule has 0 aliphatic carbocycles. The maximum atomic E-state index is 10.8. The third-order valence-electron chi connectivity index (χ3n) is 1.95. The predicted octanol–water partition coefficient (Wildman–Crippen LogP) is 3.13. The lowest BCUT2D eigenvalue weighted by atomic mass is 10.2. The molecule has 1 rings (SSSR count). The number of carbonyl (C=O) groups is 2. The molecule has 0 aromatic heterocycles. The normalized spacial score (nSPS) is 11.2. The average Bonchev–Trinajstić information content (AvgIpc) is 2.26. The Morgan fingerprint density at radius 1 is 1.31 bits per heavy atom. The molecule has 0 saturated carbocycles. The molecule has 0 amide bonds. The van der Waals surface area contributed by atoms with Gasteiger partial charge in [-0.15, -0.1) is 11.8 Å². The number of thioether (sulfide) groups is 1. The minimum absolute atomic E-state index is 0.0572. The van der Waals surface area contributed by atoms with Gasteiger partial charge in [-0.25, -0.2) is 0 Å². The smallest absolute Gasteiger partial charge is 0.152 e. The van der Waals surface area contributed by atoms with Crippen LogP contribution < -0.4 is 0 Å². The fourth-order valence-electron chi connectivity index (χ4n) is 1.29. The van der Waals surface area contributed by atoms with Crippen LogP contribution in [0.1, 0.15) is 24.2 Å². The van der Waals surface area contributed by atoms with Crippen molar-refractivity contribution in [2.24, 2.45) is 0 Å². The van der Waals surface area contributed by atoms with Crippen LogP contribution in [-0.2, 0) is 4.79 Å². The summed E-state index contributed by atoms with van der Waals surface area (Å²) in [5, 5.41) is 0. The molecule has 0 spiro atoms. The van der Waals surface area contributed by atoms with Crippen molar-refractivity contribution >= 4 is 23.8 Å². The summed E-state index contributed by atoms with van der Waals surface area (Å²) in [4.78, 5) is 22.6. The molecule has 0 heterocycles. The Morgan fingerprint density at radius 2 is 2.00 bits per heavy atom. The van der Waals surface area contributed by atoms with Gasteiger partial charge in [0.05, 0.1) is 0 Å². The largest absolute Gasteiger partial charge is 0.298 e. The molecule has 84 valence electrons. The molecule has 0 atom stereocenters. The second-order valence-corrected chi connectivity index (χ2v) is 4.56. The highest BCUT2D eigenvalue weighted by Crippen LogP contribution is 2.23. The van der Waals surface area contributed by atoms with Crippen molar-refractivity contribution in [1.82, 2.24) is 0 Å². The quantitative estimate of drug-likeness (QED) is 0.446. The molecular formula is C13H14O2S. The van der Waals surface area contributed by atoms with E-state index in [-0.39, 0.29) is 5.78 Å². The van der Waals surface area contributed by atoms with Gasteiger partial charge >= 0.3 is 0 Å². The molecule has 0 radical (unpaired) electrons. The summed E-state index contributed by atoms with van der Waals surface area (Å²) in [5.74, 6) is 0.784. The summed E-state index contributed by atoms with van der Waals surface area (Å²) in [6, 6.07) is 7.44. The molecule has 0 aliphatic heterocycles. The Labute approximate surface area is 99.7 Å². The Morgan fingerprint density at radius 3 is 2.62 bits per heavy atom. The van der Waals surface area contributed by atoms with E-state index in [2.05, 4.69) is 0 Å². The molecule has 1 aromatic rings. The molecule has 3 heteroatoms. The molecule has 0 unspecified atom stereocenters. The molecule has 1 aromatic carbocycles. The lowest BCUT2D eigenvalue weighted by molar-refractivity contribution is -0.112. The summed E-state index contributed by atoms with van der Waals surface area (Å²) in [6.45, 7) is 3.45. The highest BCUT2D eigenvalue weighted by molar-refractivity contribution is 7.99. The topological polar surface area (TPSA) is 34.1 Å². The van der Waals surface area contributed by atoms with Crippen LogP contribution in [0, 0.1) is 0 Å². The third-order valence-corrected chi connectivity index (χ3v) is 3.23. The zero-order valence-electron chi connectivity index (χ0n) is 9.40. The predicted molar refractivity (Wildman–Crippen MR) is 67.0 cm³/mol. The number of benzene rings is 1. The van der Waals surface area contributed by atoms with Gasteiger partial charge in [0.2, 0.25) is 0 Å². The van der Waals surface area contributed by atoms with Gasteiger partial charge in [-0.2, -0.15) is 0 Å². The maximum Gasteiger partial charge on any atom is 0.152 e. The van der Waals surface area contributed by atoms with Gasteiger partial charge in [0.1, 0.15) is 0 Å². The van der Waals surface area contributed by atoms with Crippen molar-refractivity contribution < 1.29 is 9.59 Å². The van der Waals surface area contributed by atoms with Crippen molar-refractivity contribution in [2.45, 2.75) is 18.7 Å². The maximum absolute atomic E-state index is 10.8. The lowest BCUT2D eigenvalue weighted by Gasteiger charge is -2.04. The van der Waals surface area contributed by atoms with E-state index in [0.717, 1.165) is 22.5 Å². The molecule has 0 aliphatic rings. The van der Waals surface area contributed by atoms with Gasteiger partial charge < -0.3 is 0 Å². The number of rotatable bonds is 5. The van der Waals surface area contributed by atoms with Crippen LogP contribution in [0.25, 0.3) is 0 Å². The monoisotopic (exact) mass is 234 g/mol. The van der Waals surface area contributed by atoms with Gasteiger partial charge in [0.15, 0.2) is 12.1 Å². The third kappa shape index (κ3) is 4.03. The Balaban J connectivity index is 2.68. The van der Waals surface area contributed by atoms with Gasteiger partial charge in [0, 0.05) is 16.2 Å². The van der Waals surface area contributed by atoms with Gasteiger partial charge in [0.25, 0.3) is 0 Å². The van der Waals surface area contributed by atoms with E-state index >= 15 is 0 Å². The molecule has 16 heavy (non-hydrogen) atoms. The van der Waals surface area contributed by atoms with Crippen molar-refractivity contribution in [1.29, 1.82) is 0 Å². The Kier molecular flexibility index (Phi) is 4.99. The SMILES string of the molecule is CC(=O)/C=C(\C)CSc1ccccc1C=O. The number of carbonyl (C=O) groups excluding carboxylic acids is 2. The summed E-state index contributed by atoms with van der Waals surface area (Å²) in [7, 11) is 0. The summed E-state index contributed by atoms with van der Waals surface area (Å²) < 4.78 is 0. The van der Waals surface area contributed by atoms with Crippen LogP contribution in [0.2, 0.25) is 0 Å². The van der Waals surface area contributed by atoms with Gasteiger partial charge in [-0.05, 0) is 26.0 Å². The van der Waals surface area contributed by atoms with Crippen LogP contribution in [0.15, 0.2) is 40.8 Å². The van der Waals surface area contributed by atoms with E-state index in [4.69, 9.17) is 0 Å². The first-order chi connectivity index (χ1) is 7.63. The fraction of sp³-hybridized carbons (Fsp3) is 0.231. The van der Waals surface area contributed by atoms with E-state index < -0.39 is 0 Å². The van der Waals surface area contributed by atoms with Crippen molar-refractivity contribution in [3.63, 3.8) is 0 Å². The van der Waals surface area contributed by atoms with Crippen molar-refractivity contribution in [2.75, 3.05) is 5.75 Å². The van der Waals surface area contributed by atoms with E-state index in [1.54, 1.807) is 23.9 Å². The lowest BCUT2D eigenvalue weighted by Crippen LogP contribution is -1.90. The first-order valence-electron chi connectivity index (χ1n) is 4.98. The number of allylic oxidation sites excluding steroid dienone is 1. The molecule has 0 bridgehead atoms. The number of hydrogen-bond donors (Lipinski definition) is 0. The highest BCUT2D eigenvalue weighted by atomic mass is 32.2. The van der Waals surface area contributed by atoms with Crippen LogP contribution in [-0.4, -0.2) is 17.8 Å². The first kappa shape index (κ1) is 12.7. The van der Waals surface area contributed by atoms with Crippen LogP contribution in [0.4, 0.5) is 0 Å². The van der Waals surface area contributed by atoms with E-state index in [1.165, 1.54) is 6.92 Å². The molecule has 0 fully saturated rings. The minimum Gasteiger partial charge on any atom is -0.298 e. The summed E-state index contributed by atoms with van der Waals surface area (Å²) in [5.41, 5.74) is 1.71. The molecule has 0 N–H and O–H groups in total.